The molecule has 0 saturated heterocycles. The molecule has 0 spiro atoms. The van der Waals surface area contributed by atoms with Gasteiger partial charge in [0.25, 0.3) is 10.0 Å². The van der Waals surface area contributed by atoms with Gasteiger partial charge in [-0.2, -0.15) is 4.31 Å². The molecule has 0 aliphatic carbocycles. The number of sulfonamides is 1. The summed E-state index contributed by atoms with van der Waals surface area (Å²) in [5.41, 5.74) is 7.93. The van der Waals surface area contributed by atoms with Crippen LogP contribution in [0.25, 0.3) is 0 Å². The fourth-order valence-corrected chi connectivity index (χ4v) is 4.53. The lowest BCUT2D eigenvalue weighted by atomic mass is 10.5. The van der Waals surface area contributed by atoms with Crippen LogP contribution in [0.1, 0.15) is 10.6 Å². The molecule has 98 valence electrons. The minimum Gasteiger partial charge on any atom is -0.326 e. The maximum atomic E-state index is 12.3. The molecule has 0 bridgehead atoms. The van der Waals surface area contributed by atoms with Crippen LogP contribution in [0.3, 0.4) is 0 Å². The third-order valence-electron chi connectivity index (χ3n) is 2.37. The number of hydrogen-bond donors (Lipinski definition) is 1. The number of thiophene rings is 1. The van der Waals surface area contributed by atoms with E-state index in [1.54, 1.807) is 24.7 Å². The van der Waals surface area contributed by atoms with Crippen LogP contribution in [0.5, 0.6) is 0 Å². The highest BCUT2D eigenvalue weighted by Gasteiger charge is 2.23. The van der Waals surface area contributed by atoms with Crippen molar-refractivity contribution in [3.05, 3.63) is 33.6 Å². The number of hydrogen-bond acceptors (Lipinski definition) is 6. The topological polar surface area (TPSA) is 76.3 Å². The second-order valence-corrected chi connectivity index (χ2v) is 7.82. The summed E-state index contributed by atoms with van der Waals surface area (Å²) in [7, 11) is -1.89. The minimum absolute atomic E-state index is 0.279. The van der Waals surface area contributed by atoms with Crippen molar-refractivity contribution >= 4 is 32.7 Å². The normalized spacial score (nSPS) is 12.2. The van der Waals surface area contributed by atoms with E-state index in [2.05, 4.69) is 4.98 Å². The fraction of sp³-hybridized carbons (Fsp3) is 0.300. The molecular weight excluding hydrogens is 290 g/mol. The highest BCUT2D eigenvalue weighted by molar-refractivity contribution is 7.91. The van der Waals surface area contributed by atoms with Gasteiger partial charge in [0, 0.05) is 23.8 Å². The van der Waals surface area contributed by atoms with Gasteiger partial charge in [-0.05, 0) is 12.1 Å². The number of rotatable bonds is 5. The second-order valence-electron chi connectivity index (χ2n) is 3.67. The lowest BCUT2D eigenvalue weighted by molar-refractivity contribution is 0.464. The van der Waals surface area contributed by atoms with Gasteiger partial charge in [0.1, 0.15) is 4.21 Å². The minimum atomic E-state index is -3.44. The molecule has 2 rings (SSSR count). The van der Waals surface area contributed by atoms with Crippen molar-refractivity contribution in [2.24, 2.45) is 5.73 Å². The average molecular weight is 303 g/mol. The van der Waals surface area contributed by atoms with Crippen molar-refractivity contribution in [1.82, 2.24) is 9.29 Å². The van der Waals surface area contributed by atoms with Gasteiger partial charge >= 0.3 is 0 Å². The Balaban J connectivity index is 2.19. The van der Waals surface area contributed by atoms with Crippen molar-refractivity contribution in [3.8, 4) is 0 Å². The zero-order chi connectivity index (χ0) is 13.2. The monoisotopic (exact) mass is 303 g/mol. The first-order chi connectivity index (χ1) is 8.54. The van der Waals surface area contributed by atoms with Crippen LogP contribution in [0.2, 0.25) is 0 Å². The molecular formula is C10H13N3O2S3. The molecule has 0 atom stereocenters. The fourth-order valence-electron chi connectivity index (χ4n) is 1.39. The van der Waals surface area contributed by atoms with Crippen LogP contribution < -0.4 is 5.73 Å². The van der Waals surface area contributed by atoms with E-state index < -0.39 is 10.0 Å². The number of aromatic nitrogens is 1. The molecule has 0 amide bonds. The third kappa shape index (κ3) is 2.78. The number of nitrogens with two attached hydrogens (primary N) is 1. The summed E-state index contributed by atoms with van der Waals surface area (Å²) in [6.45, 7) is 0.637. The number of nitrogens with zero attached hydrogens (tertiary/aromatic N) is 2. The van der Waals surface area contributed by atoms with Gasteiger partial charge in [0.15, 0.2) is 0 Å². The van der Waals surface area contributed by atoms with Crippen molar-refractivity contribution < 1.29 is 8.42 Å². The van der Waals surface area contributed by atoms with Gasteiger partial charge < -0.3 is 5.73 Å². The van der Waals surface area contributed by atoms with Crippen LogP contribution in [0, 0.1) is 0 Å². The number of thiazole rings is 1. The summed E-state index contributed by atoms with van der Waals surface area (Å²) in [6.07, 6.45) is 0. The Morgan fingerprint density at radius 3 is 2.78 bits per heavy atom. The summed E-state index contributed by atoms with van der Waals surface area (Å²) in [4.78, 5) is 4.94. The lowest BCUT2D eigenvalue weighted by Crippen LogP contribution is -2.25. The molecule has 0 fully saturated rings. The zero-order valence-electron chi connectivity index (χ0n) is 9.74. The molecule has 2 aromatic rings. The largest absolute Gasteiger partial charge is 0.326 e. The van der Waals surface area contributed by atoms with E-state index in [-0.39, 0.29) is 6.54 Å². The van der Waals surface area contributed by atoms with Gasteiger partial charge in [-0.3, -0.25) is 0 Å². The summed E-state index contributed by atoms with van der Waals surface area (Å²) >= 11 is 2.66. The SMILES string of the molecule is CN(Cc1cscn1)S(=O)(=O)c1ccc(CN)s1. The van der Waals surface area contributed by atoms with Crippen molar-refractivity contribution in [2.75, 3.05) is 7.05 Å². The van der Waals surface area contributed by atoms with E-state index in [9.17, 15) is 8.42 Å². The standard InChI is InChI=1S/C10H13N3O2S3/c1-13(5-8-6-16-7-12-8)18(14,15)10-3-2-9(4-11)17-10/h2-3,6-7H,4-5,11H2,1H3. The maximum absolute atomic E-state index is 12.3. The van der Waals surface area contributed by atoms with Gasteiger partial charge in [-0.15, -0.1) is 22.7 Å². The van der Waals surface area contributed by atoms with Crippen molar-refractivity contribution in [1.29, 1.82) is 0 Å². The predicted octanol–water partition coefficient (Wildman–Crippen LogP) is 1.48. The Morgan fingerprint density at radius 2 is 2.22 bits per heavy atom. The molecule has 0 aliphatic heterocycles. The van der Waals surface area contributed by atoms with E-state index in [0.717, 1.165) is 10.6 Å². The van der Waals surface area contributed by atoms with E-state index in [0.29, 0.717) is 10.8 Å². The van der Waals surface area contributed by atoms with Gasteiger partial charge in [-0.1, -0.05) is 0 Å². The van der Waals surface area contributed by atoms with Gasteiger partial charge in [0.05, 0.1) is 17.7 Å². The smallest absolute Gasteiger partial charge is 0.252 e. The van der Waals surface area contributed by atoms with Crippen LogP contribution in [0.15, 0.2) is 27.2 Å². The Labute approximate surface area is 114 Å². The molecule has 2 heterocycles. The Kier molecular flexibility index (Phi) is 4.13. The molecule has 0 saturated carbocycles. The highest BCUT2D eigenvalue weighted by atomic mass is 32.2. The van der Waals surface area contributed by atoms with Crippen molar-refractivity contribution in [3.63, 3.8) is 0 Å². The van der Waals surface area contributed by atoms with E-state index in [1.165, 1.54) is 27.0 Å². The first-order valence-corrected chi connectivity index (χ1v) is 8.36. The zero-order valence-corrected chi connectivity index (χ0v) is 12.2. The molecule has 0 radical (unpaired) electrons. The van der Waals surface area contributed by atoms with Crippen LogP contribution in [-0.4, -0.2) is 24.8 Å². The average Bonchev–Trinajstić information content (AvgIpc) is 2.99. The summed E-state index contributed by atoms with van der Waals surface area (Å²) in [5.74, 6) is 0. The molecule has 2 aromatic heterocycles. The third-order valence-corrected chi connectivity index (χ3v) is 6.38. The quantitative estimate of drug-likeness (QED) is 0.908. The van der Waals surface area contributed by atoms with Crippen LogP contribution >= 0.6 is 22.7 Å². The van der Waals surface area contributed by atoms with Crippen molar-refractivity contribution in [2.45, 2.75) is 17.3 Å². The molecule has 5 nitrogen and oxygen atoms in total. The summed E-state index contributed by atoms with van der Waals surface area (Å²) in [5, 5.41) is 1.84. The molecule has 0 aliphatic rings. The Hall–Kier alpha value is -0.800. The molecule has 18 heavy (non-hydrogen) atoms. The second kappa shape index (κ2) is 5.45. The maximum Gasteiger partial charge on any atom is 0.252 e. The molecule has 0 aromatic carbocycles. The predicted molar refractivity (Wildman–Crippen MR) is 73.0 cm³/mol. The van der Waals surface area contributed by atoms with Gasteiger partial charge in [-0.25, -0.2) is 13.4 Å². The highest BCUT2D eigenvalue weighted by Crippen LogP contribution is 2.24. The molecule has 2 N–H and O–H groups in total. The van der Waals surface area contributed by atoms with E-state index >= 15 is 0 Å². The first-order valence-electron chi connectivity index (χ1n) is 5.16. The molecule has 0 unspecified atom stereocenters. The Morgan fingerprint density at radius 1 is 1.44 bits per heavy atom. The Bertz CT molecular complexity index is 604. The lowest BCUT2D eigenvalue weighted by Gasteiger charge is -2.14. The van der Waals surface area contributed by atoms with Crippen LogP contribution in [-0.2, 0) is 23.1 Å². The van der Waals surface area contributed by atoms with E-state index in [1.807, 2.05) is 5.38 Å². The summed E-state index contributed by atoms with van der Waals surface area (Å²) < 4.78 is 26.1. The van der Waals surface area contributed by atoms with Gasteiger partial charge in [0.2, 0.25) is 0 Å². The summed E-state index contributed by atoms with van der Waals surface area (Å²) in [6, 6.07) is 3.34. The molecule has 8 heteroatoms. The van der Waals surface area contributed by atoms with Crippen LogP contribution in [0.4, 0.5) is 0 Å². The first kappa shape index (κ1) is 13.6. The van der Waals surface area contributed by atoms with E-state index in [4.69, 9.17) is 5.73 Å².